The van der Waals surface area contributed by atoms with Crippen LogP contribution in [0, 0.1) is 0 Å². The van der Waals surface area contributed by atoms with Crippen molar-refractivity contribution >= 4 is 11.9 Å². The normalized spacial score (nSPS) is 13.1. The van der Waals surface area contributed by atoms with Gasteiger partial charge in [-0.3, -0.25) is 0 Å². The number of anilines is 2. The Hall–Kier alpha value is -1.63. The van der Waals surface area contributed by atoms with Crippen molar-refractivity contribution in [1.29, 1.82) is 0 Å². The van der Waals surface area contributed by atoms with Gasteiger partial charge in [0.1, 0.15) is 0 Å². The zero-order chi connectivity index (χ0) is 13.1. The van der Waals surface area contributed by atoms with Crippen molar-refractivity contribution < 1.29 is 9.84 Å². The second-order valence-electron chi connectivity index (χ2n) is 4.24. The first-order valence-electron chi connectivity index (χ1n) is 5.33. The second kappa shape index (κ2) is 5.13. The van der Waals surface area contributed by atoms with E-state index in [9.17, 15) is 5.11 Å². The lowest BCUT2D eigenvalue weighted by Gasteiger charge is -2.29. The van der Waals surface area contributed by atoms with Crippen LogP contribution in [-0.4, -0.2) is 45.9 Å². The van der Waals surface area contributed by atoms with E-state index in [0.717, 1.165) is 0 Å². The standard InChI is InChI=1S/C10H19N5O2/c1-6(16)10(2,3)15-8-12-7(11-4)13-9(14-8)17-5/h6,16H,1-5H3,(H2,11,12,13,14,15). The summed E-state index contributed by atoms with van der Waals surface area (Å²) < 4.78 is 4.97. The number of ether oxygens (including phenoxy) is 1. The van der Waals surface area contributed by atoms with Gasteiger partial charge in [-0.1, -0.05) is 0 Å². The van der Waals surface area contributed by atoms with E-state index in [-0.39, 0.29) is 6.01 Å². The van der Waals surface area contributed by atoms with Gasteiger partial charge in [0.25, 0.3) is 0 Å². The Morgan fingerprint density at radius 2 is 1.82 bits per heavy atom. The van der Waals surface area contributed by atoms with Crippen LogP contribution >= 0.6 is 0 Å². The maximum Gasteiger partial charge on any atom is 0.322 e. The molecule has 3 N–H and O–H groups in total. The molecule has 17 heavy (non-hydrogen) atoms. The third kappa shape index (κ3) is 3.42. The molecule has 1 aromatic heterocycles. The molecule has 96 valence electrons. The maximum atomic E-state index is 9.61. The topological polar surface area (TPSA) is 92.2 Å². The molecule has 7 heteroatoms. The first-order valence-corrected chi connectivity index (χ1v) is 5.33. The van der Waals surface area contributed by atoms with Crippen molar-refractivity contribution in [3.05, 3.63) is 0 Å². The quantitative estimate of drug-likeness (QED) is 0.691. The van der Waals surface area contributed by atoms with Crippen molar-refractivity contribution in [3.63, 3.8) is 0 Å². The molecule has 0 spiro atoms. The summed E-state index contributed by atoms with van der Waals surface area (Å²) in [5, 5.41) is 15.5. The fourth-order valence-electron chi connectivity index (χ4n) is 1.01. The monoisotopic (exact) mass is 241 g/mol. The predicted molar refractivity (Wildman–Crippen MR) is 65.3 cm³/mol. The maximum absolute atomic E-state index is 9.61. The van der Waals surface area contributed by atoms with E-state index in [2.05, 4.69) is 25.6 Å². The Balaban J connectivity index is 2.98. The molecule has 1 unspecified atom stereocenters. The van der Waals surface area contributed by atoms with Crippen LogP contribution in [0.5, 0.6) is 6.01 Å². The van der Waals surface area contributed by atoms with E-state index in [1.807, 2.05) is 13.8 Å². The fraction of sp³-hybridized carbons (Fsp3) is 0.700. The minimum Gasteiger partial charge on any atom is -0.467 e. The van der Waals surface area contributed by atoms with Crippen molar-refractivity contribution in [2.24, 2.45) is 0 Å². The van der Waals surface area contributed by atoms with Crippen molar-refractivity contribution in [2.45, 2.75) is 32.4 Å². The van der Waals surface area contributed by atoms with Crippen LogP contribution in [0.4, 0.5) is 11.9 Å². The lowest BCUT2D eigenvalue weighted by Crippen LogP contribution is -2.42. The molecular weight excluding hydrogens is 222 g/mol. The van der Waals surface area contributed by atoms with Crippen LogP contribution in [0.25, 0.3) is 0 Å². The molecule has 0 saturated carbocycles. The van der Waals surface area contributed by atoms with E-state index in [0.29, 0.717) is 11.9 Å². The van der Waals surface area contributed by atoms with Gasteiger partial charge >= 0.3 is 6.01 Å². The minimum absolute atomic E-state index is 0.216. The van der Waals surface area contributed by atoms with Crippen LogP contribution in [0.2, 0.25) is 0 Å². The van der Waals surface area contributed by atoms with Crippen molar-refractivity contribution in [2.75, 3.05) is 24.8 Å². The Morgan fingerprint density at radius 1 is 1.24 bits per heavy atom. The summed E-state index contributed by atoms with van der Waals surface area (Å²) in [6.07, 6.45) is -0.553. The molecule has 0 fully saturated rings. The molecule has 0 saturated heterocycles. The van der Waals surface area contributed by atoms with E-state index < -0.39 is 11.6 Å². The summed E-state index contributed by atoms with van der Waals surface area (Å²) in [7, 11) is 3.19. The van der Waals surface area contributed by atoms with Crippen molar-refractivity contribution in [1.82, 2.24) is 15.0 Å². The average molecular weight is 241 g/mol. The average Bonchev–Trinajstić information content (AvgIpc) is 2.27. The van der Waals surface area contributed by atoms with Gasteiger partial charge in [-0.05, 0) is 20.8 Å². The molecule has 0 aliphatic carbocycles. The van der Waals surface area contributed by atoms with Gasteiger partial charge in [0, 0.05) is 7.05 Å². The van der Waals surface area contributed by atoms with E-state index in [1.54, 1.807) is 14.0 Å². The van der Waals surface area contributed by atoms with Gasteiger partial charge < -0.3 is 20.5 Å². The number of rotatable bonds is 5. The first-order chi connectivity index (χ1) is 7.89. The third-order valence-corrected chi connectivity index (χ3v) is 2.50. The molecular formula is C10H19N5O2. The summed E-state index contributed by atoms with van der Waals surface area (Å²) in [5.41, 5.74) is -0.544. The Morgan fingerprint density at radius 3 is 2.29 bits per heavy atom. The van der Waals surface area contributed by atoms with E-state index in [1.165, 1.54) is 7.11 Å². The third-order valence-electron chi connectivity index (χ3n) is 2.50. The largest absolute Gasteiger partial charge is 0.467 e. The molecule has 1 atom stereocenters. The highest BCUT2D eigenvalue weighted by Gasteiger charge is 2.25. The van der Waals surface area contributed by atoms with Gasteiger partial charge in [-0.15, -0.1) is 0 Å². The number of aliphatic hydroxyl groups excluding tert-OH is 1. The molecule has 1 heterocycles. The number of nitrogens with one attached hydrogen (secondary N) is 2. The molecule has 0 radical (unpaired) electrons. The molecule has 0 amide bonds. The molecule has 0 aliphatic rings. The summed E-state index contributed by atoms with van der Waals surface area (Å²) in [4.78, 5) is 12.2. The highest BCUT2D eigenvalue weighted by atomic mass is 16.5. The fourth-order valence-corrected chi connectivity index (χ4v) is 1.01. The zero-order valence-electron chi connectivity index (χ0n) is 10.8. The van der Waals surface area contributed by atoms with Crippen molar-refractivity contribution in [3.8, 4) is 6.01 Å². The Labute approximate surface area is 101 Å². The molecule has 0 bridgehead atoms. The molecule has 1 rings (SSSR count). The van der Waals surface area contributed by atoms with E-state index in [4.69, 9.17) is 4.74 Å². The lowest BCUT2D eigenvalue weighted by molar-refractivity contribution is 0.132. The van der Waals surface area contributed by atoms with Gasteiger partial charge in [-0.2, -0.15) is 15.0 Å². The number of methoxy groups -OCH3 is 1. The predicted octanol–water partition coefficient (Wildman–Crippen LogP) is 0.493. The van der Waals surface area contributed by atoms with Gasteiger partial charge in [0.15, 0.2) is 0 Å². The molecule has 1 aromatic rings. The van der Waals surface area contributed by atoms with Crippen LogP contribution < -0.4 is 15.4 Å². The lowest BCUT2D eigenvalue weighted by atomic mass is 9.99. The Bertz CT molecular complexity index is 359. The summed E-state index contributed by atoms with van der Waals surface area (Å²) in [6, 6.07) is 0.216. The Kier molecular flexibility index (Phi) is 4.06. The SMILES string of the molecule is CNc1nc(NC(C)(C)C(C)O)nc(OC)n1. The smallest absolute Gasteiger partial charge is 0.322 e. The highest BCUT2D eigenvalue weighted by Crippen LogP contribution is 2.17. The zero-order valence-corrected chi connectivity index (χ0v) is 10.8. The summed E-state index contributed by atoms with van der Waals surface area (Å²) in [5.74, 6) is 0.757. The van der Waals surface area contributed by atoms with Crippen LogP contribution in [0.1, 0.15) is 20.8 Å². The number of hydrogen-bond donors (Lipinski definition) is 3. The van der Waals surface area contributed by atoms with Crippen LogP contribution in [0.3, 0.4) is 0 Å². The number of nitrogens with zero attached hydrogens (tertiary/aromatic N) is 3. The number of aliphatic hydroxyl groups is 1. The van der Waals surface area contributed by atoms with Crippen LogP contribution in [-0.2, 0) is 0 Å². The molecule has 0 aromatic carbocycles. The molecule has 0 aliphatic heterocycles. The van der Waals surface area contributed by atoms with Gasteiger partial charge in [-0.25, -0.2) is 0 Å². The minimum atomic E-state index is -0.553. The van der Waals surface area contributed by atoms with Crippen LogP contribution in [0.15, 0.2) is 0 Å². The number of aromatic nitrogens is 3. The second-order valence-corrected chi connectivity index (χ2v) is 4.24. The van der Waals surface area contributed by atoms with Gasteiger partial charge in [0.05, 0.1) is 18.8 Å². The summed E-state index contributed by atoms with van der Waals surface area (Å²) >= 11 is 0. The van der Waals surface area contributed by atoms with Gasteiger partial charge in [0.2, 0.25) is 11.9 Å². The van der Waals surface area contributed by atoms with E-state index >= 15 is 0 Å². The summed E-state index contributed by atoms with van der Waals surface area (Å²) in [6.45, 7) is 5.41. The first kappa shape index (κ1) is 13.4. The number of hydrogen-bond acceptors (Lipinski definition) is 7. The highest BCUT2D eigenvalue weighted by molar-refractivity contribution is 5.37. The molecule has 7 nitrogen and oxygen atoms in total.